The smallest absolute Gasteiger partial charge is 0.257 e. The first-order chi connectivity index (χ1) is 20.4. The van der Waals surface area contributed by atoms with Crippen molar-refractivity contribution in [2.45, 2.75) is 32.7 Å². The van der Waals surface area contributed by atoms with Crippen LogP contribution in [0.2, 0.25) is 0 Å². The van der Waals surface area contributed by atoms with Crippen LogP contribution in [0.1, 0.15) is 34.3 Å². The SMILES string of the molecule is Cc1cc(C)cc(NC(=O)c2ccc(Nc3nc(-c4ccccc4)c4ccccc4n3)cc2NC2CCN(C)CC2)c1. The van der Waals surface area contributed by atoms with Gasteiger partial charge in [0.25, 0.3) is 5.91 Å². The van der Waals surface area contributed by atoms with Crippen molar-refractivity contribution in [1.29, 1.82) is 0 Å². The molecular weight excluding hydrogens is 520 g/mol. The number of para-hydroxylation sites is 1. The van der Waals surface area contributed by atoms with Gasteiger partial charge in [-0.05, 0) is 94.4 Å². The number of piperidine rings is 1. The lowest BCUT2D eigenvalue weighted by Crippen LogP contribution is -2.37. The van der Waals surface area contributed by atoms with Crippen LogP contribution < -0.4 is 16.0 Å². The molecule has 42 heavy (non-hydrogen) atoms. The number of carbonyl (C=O) groups excluding carboxylic acids is 1. The number of amides is 1. The minimum absolute atomic E-state index is 0.143. The zero-order chi connectivity index (χ0) is 29.1. The lowest BCUT2D eigenvalue weighted by molar-refractivity contribution is 0.102. The number of nitrogens with zero attached hydrogens (tertiary/aromatic N) is 3. The Morgan fingerprint density at radius 2 is 1.52 bits per heavy atom. The summed E-state index contributed by atoms with van der Waals surface area (Å²) in [6.45, 7) is 6.11. The maximum atomic E-state index is 13.6. The van der Waals surface area contributed by atoms with Gasteiger partial charge in [-0.3, -0.25) is 4.79 Å². The first-order valence-corrected chi connectivity index (χ1v) is 14.5. The van der Waals surface area contributed by atoms with Crippen LogP contribution >= 0.6 is 0 Å². The third-order valence-corrected chi connectivity index (χ3v) is 7.73. The van der Waals surface area contributed by atoms with Crippen molar-refractivity contribution in [1.82, 2.24) is 14.9 Å². The van der Waals surface area contributed by atoms with Crippen LogP contribution in [0.25, 0.3) is 22.2 Å². The number of carbonyl (C=O) groups is 1. The fourth-order valence-electron chi connectivity index (χ4n) is 5.64. The van der Waals surface area contributed by atoms with E-state index >= 15 is 0 Å². The van der Waals surface area contributed by atoms with E-state index in [1.807, 2.05) is 86.6 Å². The fraction of sp³-hybridized carbons (Fsp3) is 0.229. The Morgan fingerprint density at radius 1 is 0.810 bits per heavy atom. The molecule has 0 saturated carbocycles. The van der Waals surface area contributed by atoms with Gasteiger partial charge in [-0.2, -0.15) is 0 Å². The Labute approximate surface area is 247 Å². The summed E-state index contributed by atoms with van der Waals surface area (Å²) in [5.41, 5.74) is 7.98. The number of fused-ring (bicyclic) bond motifs is 1. The number of benzene rings is 4. The Morgan fingerprint density at radius 3 is 2.29 bits per heavy atom. The van der Waals surface area contributed by atoms with Gasteiger partial charge in [-0.1, -0.05) is 54.6 Å². The van der Waals surface area contributed by atoms with E-state index in [4.69, 9.17) is 9.97 Å². The number of aromatic nitrogens is 2. The Kier molecular flexibility index (Phi) is 7.84. The van der Waals surface area contributed by atoms with Crippen molar-refractivity contribution in [3.63, 3.8) is 0 Å². The molecular formula is C35H36N6O. The third kappa shape index (κ3) is 6.26. The van der Waals surface area contributed by atoms with Crippen LogP contribution in [-0.2, 0) is 0 Å². The van der Waals surface area contributed by atoms with Gasteiger partial charge in [0, 0.05) is 34.1 Å². The molecule has 7 heteroatoms. The first-order valence-electron chi connectivity index (χ1n) is 14.5. The van der Waals surface area contributed by atoms with Crippen molar-refractivity contribution in [3.05, 3.63) is 108 Å². The summed E-state index contributed by atoms with van der Waals surface area (Å²) in [5, 5.41) is 11.2. The highest BCUT2D eigenvalue weighted by Gasteiger charge is 2.20. The molecule has 212 valence electrons. The molecule has 0 bridgehead atoms. The molecule has 4 aromatic carbocycles. The second kappa shape index (κ2) is 12.0. The van der Waals surface area contributed by atoms with Crippen molar-refractivity contribution in [3.8, 4) is 11.3 Å². The Hall–Kier alpha value is -4.75. The van der Waals surface area contributed by atoms with E-state index in [2.05, 4.69) is 46.1 Å². The van der Waals surface area contributed by atoms with E-state index in [0.717, 1.165) is 76.3 Å². The second-order valence-corrected chi connectivity index (χ2v) is 11.2. The highest BCUT2D eigenvalue weighted by molar-refractivity contribution is 6.08. The Balaban J connectivity index is 1.33. The summed E-state index contributed by atoms with van der Waals surface area (Å²) in [6, 6.07) is 30.4. The van der Waals surface area contributed by atoms with Crippen LogP contribution in [0.4, 0.5) is 23.0 Å². The predicted octanol–water partition coefficient (Wildman–Crippen LogP) is 7.42. The molecule has 1 amide bonds. The average molecular weight is 557 g/mol. The molecule has 3 N–H and O–H groups in total. The molecule has 1 fully saturated rings. The largest absolute Gasteiger partial charge is 0.382 e. The summed E-state index contributed by atoms with van der Waals surface area (Å²) in [4.78, 5) is 25.6. The number of aryl methyl sites for hydroxylation is 2. The molecule has 5 aromatic rings. The minimum Gasteiger partial charge on any atom is -0.382 e. The third-order valence-electron chi connectivity index (χ3n) is 7.73. The number of hydrogen-bond donors (Lipinski definition) is 3. The summed E-state index contributed by atoms with van der Waals surface area (Å²) in [7, 11) is 2.15. The normalized spacial score (nSPS) is 14.1. The number of rotatable bonds is 7. The topological polar surface area (TPSA) is 82.2 Å². The molecule has 0 aliphatic carbocycles. The lowest BCUT2D eigenvalue weighted by Gasteiger charge is -2.30. The summed E-state index contributed by atoms with van der Waals surface area (Å²) in [6.07, 6.45) is 2.03. The number of hydrogen-bond acceptors (Lipinski definition) is 6. The van der Waals surface area contributed by atoms with Crippen LogP contribution in [0.3, 0.4) is 0 Å². The summed E-state index contributed by atoms with van der Waals surface area (Å²) in [5.74, 6) is 0.362. The number of likely N-dealkylation sites (tertiary alicyclic amines) is 1. The van der Waals surface area contributed by atoms with Crippen LogP contribution in [0.15, 0.2) is 91.0 Å². The molecule has 1 aliphatic rings. The van der Waals surface area contributed by atoms with Gasteiger partial charge in [0.2, 0.25) is 5.95 Å². The molecule has 0 spiro atoms. The van der Waals surface area contributed by atoms with Crippen molar-refractivity contribution in [2.24, 2.45) is 0 Å². The van der Waals surface area contributed by atoms with Gasteiger partial charge in [0.05, 0.1) is 16.8 Å². The highest BCUT2D eigenvalue weighted by Crippen LogP contribution is 2.30. The molecule has 1 saturated heterocycles. The predicted molar refractivity (Wildman–Crippen MR) is 173 cm³/mol. The van der Waals surface area contributed by atoms with Crippen LogP contribution in [0, 0.1) is 13.8 Å². The quantitative estimate of drug-likeness (QED) is 0.194. The minimum atomic E-state index is -0.143. The molecule has 0 unspecified atom stereocenters. The van der Waals surface area contributed by atoms with Crippen LogP contribution in [0.5, 0.6) is 0 Å². The van der Waals surface area contributed by atoms with Gasteiger partial charge < -0.3 is 20.9 Å². The van der Waals surface area contributed by atoms with E-state index in [-0.39, 0.29) is 11.9 Å². The Bertz CT molecular complexity index is 1710. The van der Waals surface area contributed by atoms with E-state index in [9.17, 15) is 4.79 Å². The molecule has 6 rings (SSSR count). The number of anilines is 4. The van der Waals surface area contributed by atoms with Gasteiger partial charge in [0.1, 0.15) is 0 Å². The highest BCUT2D eigenvalue weighted by atomic mass is 16.1. The molecule has 2 heterocycles. The maximum absolute atomic E-state index is 13.6. The summed E-state index contributed by atoms with van der Waals surface area (Å²) >= 11 is 0. The van der Waals surface area contributed by atoms with E-state index in [1.165, 1.54) is 0 Å². The van der Waals surface area contributed by atoms with E-state index in [0.29, 0.717) is 11.5 Å². The molecule has 1 aliphatic heterocycles. The van der Waals surface area contributed by atoms with E-state index < -0.39 is 0 Å². The van der Waals surface area contributed by atoms with Gasteiger partial charge in [-0.15, -0.1) is 0 Å². The first kappa shape index (κ1) is 27.4. The van der Waals surface area contributed by atoms with E-state index in [1.54, 1.807) is 0 Å². The van der Waals surface area contributed by atoms with Gasteiger partial charge in [-0.25, -0.2) is 9.97 Å². The molecule has 0 radical (unpaired) electrons. The van der Waals surface area contributed by atoms with Gasteiger partial charge >= 0.3 is 0 Å². The van der Waals surface area contributed by atoms with Crippen molar-refractivity contribution >= 4 is 39.8 Å². The molecule has 1 aromatic heterocycles. The summed E-state index contributed by atoms with van der Waals surface area (Å²) < 4.78 is 0. The van der Waals surface area contributed by atoms with Crippen molar-refractivity contribution < 1.29 is 4.79 Å². The average Bonchev–Trinajstić information content (AvgIpc) is 2.98. The van der Waals surface area contributed by atoms with Crippen LogP contribution in [-0.4, -0.2) is 47.0 Å². The lowest BCUT2D eigenvalue weighted by atomic mass is 10.0. The van der Waals surface area contributed by atoms with Crippen molar-refractivity contribution in [2.75, 3.05) is 36.1 Å². The van der Waals surface area contributed by atoms with Gasteiger partial charge in [0.15, 0.2) is 0 Å². The molecule has 0 atom stereocenters. The maximum Gasteiger partial charge on any atom is 0.257 e. The zero-order valence-corrected chi connectivity index (χ0v) is 24.3. The molecule has 7 nitrogen and oxygen atoms in total. The second-order valence-electron chi connectivity index (χ2n) is 11.2. The fourth-order valence-corrected chi connectivity index (χ4v) is 5.64. The number of nitrogens with one attached hydrogen (secondary N) is 3. The standard InChI is InChI=1S/C35H36N6O/c1-23-19-24(2)21-28(20-23)37-34(42)30-14-13-27(22-32(30)36-26-15-17-41(3)18-16-26)38-35-39-31-12-8-7-11-29(31)33(40-35)25-9-5-4-6-10-25/h4-14,19-22,26,36H,15-18H2,1-3H3,(H,37,42)(H,38,39,40). The zero-order valence-electron chi connectivity index (χ0n) is 24.3. The monoisotopic (exact) mass is 556 g/mol.